The van der Waals surface area contributed by atoms with E-state index in [0.717, 1.165) is 84.9 Å². The zero-order valence-electron chi connectivity index (χ0n) is 44.1. The Balaban J connectivity index is 0.000000214. The van der Waals surface area contributed by atoms with E-state index in [2.05, 4.69) is 37.4 Å². The van der Waals surface area contributed by atoms with Crippen molar-refractivity contribution in [1.82, 2.24) is 0 Å². The molecular weight excluding hydrogens is 1000 g/mol. The number of phenols is 2. The average Bonchev–Trinajstić information content (AvgIpc) is 3.98. The van der Waals surface area contributed by atoms with Gasteiger partial charge in [0.15, 0.2) is 0 Å². The lowest BCUT2D eigenvalue weighted by Gasteiger charge is -2.21. The summed E-state index contributed by atoms with van der Waals surface area (Å²) in [5.41, 5.74) is 27.3. The molecule has 400 valence electrons. The van der Waals surface area contributed by atoms with Crippen LogP contribution in [0.4, 0.5) is 22.7 Å². The predicted molar refractivity (Wildman–Crippen MR) is 315 cm³/mol. The Kier molecular flexibility index (Phi) is 17.3. The minimum Gasteiger partial charge on any atom is -0.508 e. The SMILES string of the molecule is C=CCOc1ccc(Cc2cc(Cc3ccc(N4C(=O)C=CC4=O)c(Cc4ccc(OCC=C)cc4)c3)ccc2N2C(=O)C=CC2=O)cc1.Nc1ccc(Cc2ccc(N)c(Cc3ccc(O)cc3)c2)cc1Cc1ccc(O)cc1. The van der Waals surface area contributed by atoms with Gasteiger partial charge in [-0.3, -0.25) is 19.2 Å². The maximum absolute atomic E-state index is 12.7. The maximum atomic E-state index is 12.7. The highest BCUT2D eigenvalue weighted by Crippen LogP contribution is 2.33. The lowest BCUT2D eigenvalue weighted by atomic mass is 9.94. The first-order chi connectivity index (χ1) is 38.8. The molecule has 0 spiro atoms. The number of benzene rings is 8. The van der Waals surface area contributed by atoms with Crippen LogP contribution in [0.3, 0.4) is 0 Å². The van der Waals surface area contributed by atoms with Crippen molar-refractivity contribution in [2.75, 3.05) is 34.5 Å². The quantitative estimate of drug-likeness (QED) is 0.0325. The summed E-state index contributed by atoms with van der Waals surface area (Å²) < 4.78 is 11.2. The molecule has 0 saturated carbocycles. The van der Waals surface area contributed by atoms with Crippen LogP contribution in [0.25, 0.3) is 0 Å². The Bertz CT molecular complexity index is 3380. The van der Waals surface area contributed by atoms with Gasteiger partial charge < -0.3 is 31.2 Å². The van der Waals surface area contributed by atoms with Crippen molar-refractivity contribution in [2.24, 2.45) is 0 Å². The van der Waals surface area contributed by atoms with Gasteiger partial charge >= 0.3 is 0 Å². The van der Waals surface area contributed by atoms with E-state index >= 15 is 0 Å². The van der Waals surface area contributed by atoms with E-state index in [1.54, 1.807) is 36.4 Å². The summed E-state index contributed by atoms with van der Waals surface area (Å²) in [6.45, 7) is 8.17. The molecule has 2 aliphatic rings. The van der Waals surface area contributed by atoms with E-state index in [1.807, 2.05) is 121 Å². The van der Waals surface area contributed by atoms with Gasteiger partial charge in [0.1, 0.15) is 36.2 Å². The van der Waals surface area contributed by atoms with E-state index in [0.29, 0.717) is 56.7 Å². The first-order valence-corrected chi connectivity index (χ1v) is 26.1. The van der Waals surface area contributed by atoms with E-state index in [4.69, 9.17) is 20.9 Å². The molecule has 0 radical (unpaired) electrons. The molecule has 10 rings (SSSR count). The van der Waals surface area contributed by atoms with Gasteiger partial charge in [-0.1, -0.05) is 122 Å². The van der Waals surface area contributed by atoms with Crippen molar-refractivity contribution in [1.29, 1.82) is 0 Å². The Morgan fingerprint density at radius 3 is 0.963 bits per heavy atom. The first kappa shape index (κ1) is 54.6. The van der Waals surface area contributed by atoms with E-state index in [9.17, 15) is 29.4 Å². The third kappa shape index (κ3) is 13.8. The largest absolute Gasteiger partial charge is 0.508 e. The molecule has 2 heterocycles. The Hall–Kier alpha value is -10.2. The molecule has 0 unspecified atom stereocenters. The number of nitrogens with zero attached hydrogens (tertiary/aromatic N) is 2. The second-order valence-electron chi connectivity index (χ2n) is 19.6. The van der Waals surface area contributed by atoms with Gasteiger partial charge in [0.25, 0.3) is 23.6 Å². The Labute approximate surface area is 465 Å². The van der Waals surface area contributed by atoms with Gasteiger partial charge in [-0.15, -0.1) is 0 Å². The van der Waals surface area contributed by atoms with Crippen LogP contribution in [0.15, 0.2) is 219 Å². The minimum absolute atomic E-state index is 0.261. The third-order valence-corrected chi connectivity index (χ3v) is 13.7. The summed E-state index contributed by atoms with van der Waals surface area (Å²) in [6, 6.07) is 53.6. The molecule has 12 heteroatoms. The van der Waals surface area contributed by atoms with Gasteiger partial charge in [0.05, 0.1) is 11.4 Å². The smallest absolute Gasteiger partial charge is 0.258 e. The van der Waals surface area contributed by atoms with Crippen LogP contribution < -0.4 is 30.7 Å². The number of phenolic OH excluding ortho intramolecular Hbond substituents is 2. The van der Waals surface area contributed by atoms with Crippen molar-refractivity contribution in [3.8, 4) is 23.0 Å². The number of hydrogen-bond acceptors (Lipinski definition) is 10. The molecule has 4 amide bonds. The number of ether oxygens (including phenoxy) is 2. The molecule has 0 bridgehead atoms. The third-order valence-electron chi connectivity index (χ3n) is 13.7. The highest BCUT2D eigenvalue weighted by molar-refractivity contribution is 6.29. The van der Waals surface area contributed by atoms with E-state index in [1.165, 1.54) is 45.2 Å². The fraction of sp³-hybridized carbons (Fsp3) is 0.118. The highest BCUT2D eigenvalue weighted by atomic mass is 16.5. The van der Waals surface area contributed by atoms with Gasteiger partial charge in [0.2, 0.25) is 0 Å². The molecule has 12 nitrogen and oxygen atoms in total. The number of nitrogen functional groups attached to an aromatic ring is 2. The molecule has 2 aliphatic heterocycles. The molecule has 0 aromatic heterocycles. The second kappa shape index (κ2) is 25.3. The van der Waals surface area contributed by atoms with Crippen molar-refractivity contribution >= 4 is 46.4 Å². The van der Waals surface area contributed by atoms with Crippen LogP contribution in [0.5, 0.6) is 23.0 Å². The number of aromatic hydroxyl groups is 2. The summed E-state index contributed by atoms with van der Waals surface area (Å²) in [5, 5.41) is 19.0. The maximum Gasteiger partial charge on any atom is 0.258 e. The van der Waals surface area contributed by atoms with Crippen molar-refractivity contribution in [3.05, 3.63) is 286 Å². The van der Waals surface area contributed by atoms with Gasteiger partial charge in [-0.25, -0.2) is 9.80 Å². The molecule has 0 fully saturated rings. The molecule has 6 N–H and O–H groups in total. The van der Waals surface area contributed by atoms with Crippen molar-refractivity contribution < 1.29 is 38.9 Å². The van der Waals surface area contributed by atoms with Crippen molar-refractivity contribution in [2.45, 2.75) is 38.5 Å². The highest BCUT2D eigenvalue weighted by Gasteiger charge is 2.29. The summed E-state index contributed by atoms with van der Waals surface area (Å²) in [7, 11) is 0. The molecule has 8 aromatic rings. The summed E-state index contributed by atoms with van der Waals surface area (Å²) in [5.74, 6) is 0.434. The summed E-state index contributed by atoms with van der Waals surface area (Å²) >= 11 is 0. The van der Waals surface area contributed by atoms with Gasteiger partial charge in [0, 0.05) is 35.7 Å². The number of amides is 4. The number of imide groups is 2. The molecule has 80 heavy (non-hydrogen) atoms. The number of hydrogen-bond donors (Lipinski definition) is 4. The number of carbonyl (C=O) groups excluding carboxylic acids is 4. The number of carbonyl (C=O) groups is 4. The average molecular weight is 1060 g/mol. The predicted octanol–water partition coefficient (Wildman–Crippen LogP) is 11.5. The van der Waals surface area contributed by atoms with Crippen LogP contribution in [0, 0.1) is 0 Å². The zero-order chi connectivity index (χ0) is 56.1. The van der Waals surface area contributed by atoms with Crippen LogP contribution in [0.2, 0.25) is 0 Å². The van der Waals surface area contributed by atoms with Crippen LogP contribution in [-0.2, 0) is 57.7 Å². The Morgan fingerprint density at radius 2 is 0.637 bits per heavy atom. The van der Waals surface area contributed by atoms with Crippen LogP contribution in [-0.4, -0.2) is 47.1 Å². The van der Waals surface area contributed by atoms with Crippen molar-refractivity contribution in [3.63, 3.8) is 0 Å². The topological polar surface area (TPSA) is 186 Å². The summed E-state index contributed by atoms with van der Waals surface area (Å²) in [6.07, 6.45) is 12.2. The fourth-order valence-electron chi connectivity index (χ4n) is 9.63. The number of nitrogens with two attached hydrogens (primary N) is 2. The molecule has 0 saturated heterocycles. The molecule has 0 atom stereocenters. The molecular formula is C68H60N4O8. The van der Waals surface area contributed by atoms with Crippen LogP contribution in [0.1, 0.15) is 66.8 Å². The monoisotopic (exact) mass is 1060 g/mol. The van der Waals surface area contributed by atoms with Gasteiger partial charge in [-0.05, 0) is 178 Å². The minimum atomic E-state index is -0.381. The number of rotatable bonds is 20. The molecule has 0 aliphatic carbocycles. The standard InChI is InChI=1S/C41H34N2O6.C27H26N2O2/c1-3-21-48-34-11-5-28(6-12-34)24-32-26-30(9-15-36(32)42-38(44)17-18-39(42)45)23-31-10-16-37(43-40(46)19-20-41(43)47)33(27-31)25-29-7-13-35(14-8-29)49-22-4-2;28-26-11-5-20(16-22(26)14-18-1-7-24(30)8-2-18)13-21-6-12-27(29)23(17-21)15-19-3-9-25(31)10-4-19/h3-20,26-27H,1-2,21-25H2;1-12,16-17,30-31H,13-15,28-29H2. The summed E-state index contributed by atoms with van der Waals surface area (Å²) in [4.78, 5) is 53.1. The molecule has 8 aromatic carbocycles. The van der Waals surface area contributed by atoms with E-state index < -0.39 is 0 Å². The fourth-order valence-corrected chi connectivity index (χ4v) is 9.63. The lowest BCUT2D eigenvalue weighted by Crippen LogP contribution is -2.30. The second-order valence-corrected chi connectivity index (χ2v) is 19.6. The van der Waals surface area contributed by atoms with Crippen LogP contribution >= 0.6 is 0 Å². The Morgan fingerprint density at radius 1 is 0.362 bits per heavy atom. The zero-order valence-corrected chi connectivity index (χ0v) is 44.1. The number of anilines is 4. The van der Waals surface area contributed by atoms with E-state index in [-0.39, 0.29) is 35.1 Å². The lowest BCUT2D eigenvalue weighted by molar-refractivity contribution is -0.121. The van der Waals surface area contributed by atoms with Gasteiger partial charge in [-0.2, -0.15) is 0 Å². The normalized spacial score (nSPS) is 12.7. The first-order valence-electron chi connectivity index (χ1n) is 26.1.